The number of benzene rings is 2. The van der Waals surface area contributed by atoms with Gasteiger partial charge in [-0.25, -0.2) is 4.39 Å². The Morgan fingerprint density at radius 2 is 1.80 bits per heavy atom. The fraction of sp³-hybridized carbons (Fsp3) is 0. The molecule has 0 unspecified atom stereocenters. The topological polar surface area (TPSA) is 52.0 Å². The van der Waals surface area contributed by atoms with Gasteiger partial charge in [-0.3, -0.25) is 0 Å². The molecule has 0 aliphatic rings. The molecule has 0 bridgehead atoms. The summed E-state index contributed by atoms with van der Waals surface area (Å²) >= 11 is 5.86. The van der Waals surface area contributed by atoms with Crippen molar-refractivity contribution in [2.45, 2.75) is 0 Å². The Morgan fingerprint density at radius 3 is 2.50 bits per heavy atom. The molecule has 1 aromatic heterocycles. The first-order valence-corrected chi connectivity index (χ1v) is 6.30. The molecule has 0 fully saturated rings. The van der Waals surface area contributed by atoms with Crippen LogP contribution in [0.25, 0.3) is 22.5 Å². The van der Waals surface area contributed by atoms with E-state index in [1.54, 1.807) is 36.4 Å². The lowest BCUT2D eigenvalue weighted by Gasteiger charge is -2.03. The monoisotopic (exact) mass is 288 g/mol. The lowest BCUT2D eigenvalue weighted by Crippen LogP contribution is -1.89. The highest BCUT2D eigenvalue weighted by molar-refractivity contribution is 6.30. The zero-order valence-electron chi connectivity index (χ0n) is 10.3. The predicted molar refractivity (Wildman–Crippen MR) is 76.8 cm³/mol. The molecule has 0 radical (unpaired) electrons. The zero-order valence-corrected chi connectivity index (χ0v) is 11.1. The van der Waals surface area contributed by atoms with Gasteiger partial charge in [0.1, 0.15) is 5.82 Å². The first-order valence-electron chi connectivity index (χ1n) is 5.92. The molecule has 0 atom stereocenters. The third kappa shape index (κ3) is 2.26. The summed E-state index contributed by atoms with van der Waals surface area (Å²) in [6, 6.07) is 13.2. The summed E-state index contributed by atoms with van der Waals surface area (Å²) < 4.78 is 18.6. The van der Waals surface area contributed by atoms with E-state index in [2.05, 4.69) is 5.16 Å². The van der Waals surface area contributed by atoms with Gasteiger partial charge in [-0.1, -0.05) is 28.9 Å². The molecule has 0 saturated carbocycles. The van der Waals surface area contributed by atoms with Gasteiger partial charge in [-0.05, 0) is 42.0 Å². The van der Waals surface area contributed by atoms with Gasteiger partial charge in [0.25, 0.3) is 0 Å². The molecule has 5 heteroatoms. The van der Waals surface area contributed by atoms with Crippen molar-refractivity contribution in [2.24, 2.45) is 0 Å². The molecule has 2 aromatic carbocycles. The fourth-order valence-electron chi connectivity index (χ4n) is 2.02. The number of halogens is 2. The lowest BCUT2D eigenvalue weighted by atomic mass is 10.0. The third-order valence-corrected chi connectivity index (χ3v) is 3.19. The molecule has 0 amide bonds. The molecule has 3 nitrogen and oxygen atoms in total. The highest BCUT2D eigenvalue weighted by Crippen LogP contribution is 2.36. The largest absolute Gasteiger partial charge is 0.380 e. The minimum Gasteiger partial charge on any atom is -0.380 e. The molecular formula is C15H10ClFN2O. The molecule has 0 aliphatic carbocycles. The van der Waals surface area contributed by atoms with Crippen LogP contribution < -0.4 is 5.73 Å². The van der Waals surface area contributed by atoms with Gasteiger partial charge in [0, 0.05) is 10.6 Å². The van der Waals surface area contributed by atoms with E-state index in [4.69, 9.17) is 21.9 Å². The van der Waals surface area contributed by atoms with E-state index in [9.17, 15) is 4.39 Å². The fourth-order valence-corrected chi connectivity index (χ4v) is 2.15. The minimum absolute atomic E-state index is 0.223. The molecule has 3 aromatic rings. The summed E-state index contributed by atoms with van der Waals surface area (Å²) in [4.78, 5) is 0. The van der Waals surface area contributed by atoms with E-state index < -0.39 is 0 Å². The SMILES string of the molecule is Nc1noc(-c2ccc(Cl)cc2)c1-c1cccc(F)c1. The number of aromatic nitrogens is 1. The Hall–Kier alpha value is -2.33. The van der Waals surface area contributed by atoms with Gasteiger partial charge < -0.3 is 10.3 Å². The lowest BCUT2D eigenvalue weighted by molar-refractivity contribution is 0.436. The summed E-state index contributed by atoms with van der Waals surface area (Å²) in [5, 5.41) is 4.39. The quantitative estimate of drug-likeness (QED) is 0.761. The summed E-state index contributed by atoms with van der Waals surface area (Å²) in [5.74, 6) is 0.371. The second-order valence-electron chi connectivity index (χ2n) is 4.29. The Morgan fingerprint density at radius 1 is 1.05 bits per heavy atom. The van der Waals surface area contributed by atoms with Gasteiger partial charge >= 0.3 is 0 Å². The highest BCUT2D eigenvalue weighted by Gasteiger charge is 2.17. The zero-order chi connectivity index (χ0) is 14.1. The second kappa shape index (κ2) is 4.98. The number of anilines is 1. The molecule has 20 heavy (non-hydrogen) atoms. The molecule has 2 N–H and O–H groups in total. The number of hydrogen-bond acceptors (Lipinski definition) is 3. The third-order valence-electron chi connectivity index (χ3n) is 2.94. The Balaban J connectivity index is 2.17. The first kappa shape index (κ1) is 12.7. The molecule has 3 rings (SSSR count). The van der Waals surface area contributed by atoms with Gasteiger partial charge in [-0.2, -0.15) is 0 Å². The highest BCUT2D eigenvalue weighted by atomic mass is 35.5. The predicted octanol–water partition coefficient (Wildman–Crippen LogP) is 4.38. The number of nitrogens with two attached hydrogens (primary N) is 1. The smallest absolute Gasteiger partial charge is 0.176 e. The van der Waals surface area contributed by atoms with Crippen molar-refractivity contribution in [3.63, 3.8) is 0 Å². The normalized spacial score (nSPS) is 10.7. The Kier molecular flexibility index (Phi) is 3.16. The average Bonchev–Trinajstić information content (AvgIpc) is 2.81. The van der Waals surface area contributed by atoms with Crippen LogP contribution >= 0.6 is 11.6 Å². The van der Waals surface area contributed by atoms with Crippen molar-refractivity contribution in [1.82, 2.24) is 5.16 Å². The Bertz CT molecular complexity index is 753. The van der Waals surface area contributed by atoms with Crippen molar-refractivity contribution < 1.29 is 8.91 Å². The molecule has 100 valence electrons. The molecule has 1 heterocycles. The van der Waals surface area contributed by atoms with Crippen LogP contribution in [0.3, 0.4) is 0 Å². The van der Waals surface area contributed by atoms with E-state index >= 15 is 0 Å². The van der Waals surface area contributed by atoms with Crippen LogP contribution in [0.2, 0.25) is 5.02 Å². The maximum Gasteiger partial charge on any atom is 0.176 e. The van der Waals surface area contributed by atoms with Crippen molar-refractivity contribution in [1.29, 1.82) is 0 Å². The number of rotatable bonds is 2. The van der Waals surface area contributed by atoms with Crippen LogP contribution in [0.5, 0.6) is 0 Å². The van der Waals surface area contributed by atoms with Gasteiger partial charge in [0.2, 0.25) is 0 Å². The van der Waals surface area contributed by atoms with Crippen LogP contribution in [0.4, 0.5) is 10.2 Å². The van der Waals surface area contributed by atoms with Crippen molar-refractivity contribution in [3.05, 3.63) is 59.4 Å². The van der Waals surface area contributed by atoms with Crippen LogP contribution in [0, 0.1) is 5.82 Å². The first-order chi connectivity index (χ1) is 9.65. The maximum absolute atomic E-state index is 13.4. The maximum atomic E-state index is 13.4. The van der Waals surface area contributed by atoms with E-state index in [-0.39, 0.29) is 11.6 Å². The van der Waals surface area contributed by atoms with E-state index in [1.807, 2.05) is 0 Å². The van der Waals surface area contributed by atoms with Crippen LogP contribution in [0.15, 0.2) is 53.1 Å². The summed E-state index contributed by atoms with van der Waals surface area (Å²) in [7, 11) is 0. The van der Waals surface area contributed by atoms with Crippen LogP contribution in [0.1, 0.15) is 0 Å². The average molecular weight is 289 g/mol. The molecule has 0 spiro atoms. The van der Waals surface area contributed by atoms with Crippen LogP contribution in [-0.2, 0) is 0 Å². The van der Waals surface area contributed by atoms with E-state index in [0.717, 1.165) is 5.56 Å². The number of nitrogens with zero attached hydrogens (tertiary/aromatic N) is 1. The van der Waals surface area contributed by atoms with Crippen molar-refractivity contribution in [2.75, 3.05) is 5.73 Å². The van der Waals surface area contributed by atoms with Gasteiger partial charge in [-0.15, -0.1) is 0 Å². The van der Waals surface area contributed by atoms with Gasteiger partial charge in [0.05, 0.1) is 5.56 Å². The van der Waals surface area contributed by atoms with Crippen LogP contribution in [-0.4, -0.2) is 5.16 Å². The standard InChI is InChI=1S/C15H10ClFN2O/c16-11-6-4-9(5-7-11)14-13(15(18)19-20-14)10-2-1-3-12(17)8-10/h1-8H,(H2,18,19). The minimum atomic E-state index is -0.342. The summed E-state index contributed by atoms with van der Waals surface area (Å²) in [6.07, 6.45) is 0. The van der Waals surface area contributed by atoms with E-state index in [1.165, 1.54) is 12.1 Å². The summed E-state index contributed by atoms with van der Waals surface area (Å²) in [5.41, 5.74) is 7.81. The molecule has 0 saturated heterocycles. The van der Waals surface area contributed by atoms with Gasteiger partial charge in [0.15, 0.2) is 11.6 Å². The van der Waals surface area contributed by atoms with Crippen molar-refractivity contribution in [3.8, 4) is 22.5 Å². The summed E-state index contributed by atoms with van der Waals surface area (Å²) in [6.45, 7) is 0. The Labute approximate surface area is 119 Å². The second-order valence-corrected chi connectivity index (χ2v) is 4.73. The molecule has 0 aliphatic heterocycles. The molecular weight excluding hydrogens is 279 g/mol. The van der Waals surface area contributed by atoms with E-state index in [0.29, 0.717) is 21.9 Å². The van der Waals surface area contributed by atoms with Crippen molar-refractivity contribution >= 4 is 17.4 Å². The number of hydrogen-bond donors (Lipinski definition) is 1. The number of nitrogen functional groups attached to an aromatic ring is 1.